The van der Waals surface area contributed by atoms with E-state index in [0.29, 0.717) is 12.5 Å². The van der Waals surface area contributed by atoms with E-state index >= 15 is 0 Å². The Bertz CT molecular complexity index is 374. The van der Waals surface area contributed by atoms with Crippen molar-refractivity contribution in [2.45, 2.75) is 26.9 Å². The Balaban J connectivity index is 2.59. The molecule has 0 heterocycles. The molecule has 0 fully saturated rings. The second kappa shape index (κ2) is 6.40. The Kier molecular flexibility index (Phi) is 5.16. The SMILES string of the molecule is CO[C@@H](CNC(=O)c1ccccc1C)C(C)C. The van der Waals surface area contributed by atoms with Gasteiger partial charge in [-0.2, -0.15) is 0 Å². The Morgan fingerprint density at radius 3 is 2.53 bits per heavy atom. The summed E-state index contributed by atoms with van der Waals surface area (Å²) < 4.78 is 5.31. The van der Waals surface area contributed by atoms with Crippen molar-refractivity contribution in [1.29, 1.82) is 0 Å². The van der Waals surface area contributed by atoms with Crippen LogP contribution in [0.4, 0.5) is 0 Å². The number of hydrogen-bond acceptors (Lipinski definition) is 2. The molecule has 1 rings (SSSR count). The van der Waals surface area contributed by atoms with E-state index in [1.54, 1.807) is 7.11 Å². The van der Waals surface area contributed by atoms with Gasteiger partial charge in [-0.05, 0) is 24.5 Å². The summed E-state index contributed by atoms with van der Waals surface area (Å²) >= 11 is 0. The highest BCUT2D eigenvalue weighted by molar-refractivity contribution is 5.95. The molecule has 1 amide bonds. The molecule has 94 valence electrons. The largest absolute Gasteiger partial charge is 0.379 e. The number of benzene rings is 1. The summed E-state index contributed by atoms with van der Waals surface area (Å²) in [5.41, 5.74) is 1.72. The second-order valence-corrected chi connectivity index (χ2v) is 4.54. The number of rotatable bonds is 5. The Morgan fingerprint density at radius 2 is 2.00 bits per heavy atom. The van der Waals surface area contributed by atoms with E-state index in [0.717, 1.165) is 11.1 Å². The number of methoxy groups -OCH3 is 1. The Morgan fingerprint density at radius 1 is 1.35 bits per heavy atom. The molecule has 3 heteroatoms. The van der Waals surface area contributed by atoms with Crippen LogP contribution in [0.1, 0.15) is 29.8 Å². The van der Waals surface area contributed by atoms with Gasteiger partial charge < -0.3 is 10.1 Å². The summed E-state index contributed by atoms with van der Waals surface area (Å²) in [7, 11) is 1.67. The molecule has 0 saturated heterocycles. The number of aryl methyl sites for hydroxylation is 1. The number of nitrogens with one attached hydrogen (secondary N) is 1. The predicted octanol–water partition coefficient (Wildman–Crippen LogP) is 2.40. The quantitative estimate of drug-likeness (QED) is 0.851. The van der Waals surface area contributed by atoms with Crippen LogP contribution in [-0.4, -0.2) is 25.7 Å². The van der Waals surface area contributed by atoms with Gasteiger partial charge in [-0.1, -0.05) is 32.0 Å². The predicted molar refractivity (Wildman–Crippen MR) is 69.1 cm³/mol. The van der Waals surface area contributed by atoms with Gasteiger partial charge in [-0.25, -0.2) is 0 Å². The Hall–Kier alpha value is -1.35. The van der Waals surface area contributed by atoms with E-state index in [1.807, 2.05) is 31.2 Å². The summed E-state index contributed by atoms with van der Waals surface area (Å²) in [6, 6.07) is 7.57. The summed E-state index contributed by atoms with van der Waals surface area (Å²) in [5, 5.41) is 2.91. The van der Waals surface area contributed by atoms with Gasteiger partial charge >= 0.3 is 0 Å². The van der Waals surface area contributed by atoms with Crippen LogP contribution < -0.4 is 5.32 Å². The number of carbonyl (C=O) groups excluding carboxylic acids is 1. The Labute approximate surface area is 103 Å². The standard InChI is InChI=1S/C14H21NO2/c1-10(2)13(17-4)9-15-14(16)12-8-6-5-7-11(12)3/h5-8,10,13H,9H2,1-4H3,(H,15,16)/t13-/m0/s1. The first kappa shape index (κ1) is 13.7. The smallest absolute Gasteiger partial charge is 0.251 e. The van der Waals surface area contributed by atoms with Crippen molar-refractivity contribution in [1.82, 2.24) is 5.32 Å². The molecule has 0 bridgehead atoms. The lowest BCUT2D eigenvalue weighted by Crippen LogP contribution is -2.36. The van der Waals surface area contributed by atoms with Crippen LogP contribution in [0.3, 0.4) is 0 Å². The zero-order chi connectivity index (χ0) is 12.8. The fourth-order valence-corrected chi connectivity index (χ4v) is 1.71. The highest BCUT2D eigenvalue weighted by Gasteiger charge is 2.14. The first-order valence-corrected chi connectivity index (χ1v) is 5.93. The first-order valence-electron chi connectivity index (χ1n) is 5.93. The first-order chi connectivity index (χ1) is 8.06. The van der Waals surface area contributed by atoms with Crippen molar-refractivity contribution in [2.24, 2.45) is 5.92 Å². The van der Waals surface area contributed by atoms with Gasteiger partial charge in [0.05, 0.1) is 6.10 Å². The van der Waals surface area contributed by atoms with Crippen LogP contribution in [0.5, 0.6) is 0 Å². The zero-order valence-electron chi connectivity index (χ0n) is 11.0. The van der Waals surface area contributed by atoms with Crippen molar-refractivity contribution in [2.75, 3.05) is 13.7 Å². The van der Waals surface area contributed by atoms with Crippen LogP contribution in [0.15, 0.2) is 24.3 Å². The molecule has 0 saturated carbocycles. The topological polar surface area (TPSA) is 38.3 Å². The van der Waals surface area contributed by atoms with Crippen LogP contribution in [0, 0.1) is 12.8 Å². The molecule has 0 radical (unpaired) electrons. The third-order valence-electron chi connectivity index (χ3n) is 2.90. The van der Waals surface area contributed by atoms with E-state index < -0.39 is 0 Å². The zero-order valence-corrected chi connectivity index (χ0v) is 11.0. The van der Waals surface area contributed by atoms with E-state index in [2.05, 4.69) is 19.2 Å². The minimum absolute atomic E-state index is 0.0363. The summed E-state index contributed by atoms with van der Waals surface area (Å²) in [6.45, 7) is 6.63. The van der Waals surface area contributed by atoms with Gasteiger partial charge in [-0.3, -0.25) is 4.79 Å². The van der Waals surface area contributed by atoms with Crippen LogP contribution in [0.2, 0.25) is 0 Å². The van der Waals surface area contributed by atoms with Gasteiger partial charge in [0, 0.05) is 19.2 Å². The summed E-state index contributed by atoms with van der Waals surface area (Å²) in [5.74, 6) is 0.350. The molecular formula is C14H21NO2. The van der Waals surface area contributed by atoms with Crippen molar-refractivity contribution in [3.05, 3.63) is 35.4 Å². The lowest BCUT2D eigenvalue weighted by molar-refractivity contribution is 0.0605. The molecule has 0 aromatic heterocycles. The van der Waals surface area contributed by atoms with E-state index in [-0.39, 0.29) is 12.0 Å². The fourth-order valence-electron chi connectivity index (χ4n) is 1.71. The third-order valence-corrected chi connectivity index (χ3v) is 2.90. The number of carbonyl (C=O) groups is 1. The fraction of sp³-hybridized carbons (Fsp3) is 0.500. The number of amides is 1. The monoisotopic (exact) mass is 235 g/mol. The van der Waals surface area contributed by atoms with E-state index in [4.69, 9.17) is 4.74 Å². The molecule has 1 aromatic rings. The van der Waals surface area contributed by atoms with Crippen LogP contribution in [-0.2, 0) is 4.74 Å². The second-order valence-electron chi connectivity index (χ2n) is 4.54. The highest BCUT2D eigenvalue weighted by Crippen LogP contribution is 2.08. The maximum Gasteiger partial charge on any atom is 0.251 e. The van der Waals surface area contributed by atoms with Gasteiger partial charge in [0.15, 0.2) is 0 Å². The van der Waals surface area contributed by atoms with E-state index in [9.17, 15) is 4.79 Å². The van der Waals surface area contributed by atoms with Gasteiger partial charge in [-0.15, -0.1) is 0 Å². The third kappa shape index (κ3) is 3.86. The molecule has 0 aliphatic rings. The van der Waals surface area contributed by atoms with Crippen LogP contribution >= 0.6 is 0 Å². The molecule has 17 heavy (non-hydrogen) atoms. The number of hydrogen-bond donors (Lipinski definition) is 1. The lowest BCUT2D eigenvalue weighted by atomic mass is 10.1. The summed E-state index contributed by atoms with van der Waals surface area (Å²) in [6.07, 6.45) is 0.0583. The molecular weight excluding hydrogens is 214 g/mol. The molecule has 0 aliphatic heterocycles. The average molecular weight is 235 g/mol. The maximum atomic E-state index is 11.9. The molecule has 0 aliphatic carbocycles. The number of ether oxygens (including phenoxy) is 1. The maximum absolute atomic E-state index is 11.9. The van der Waals surface area contributed by atoms with Crippen LogP contribution in [0.25, 0.3) is 0 Å². The van der Waals surface area contributed by atoms with Gasteiger partial charge in [0.25, 0.3) is 5.91 Å². The highest BCUT2D eigenvalue weighted by atomic mass is 16.5. The van der Waals surface area contributed by atoms with Crippen molar-refractivity contribution < 1.29 is 9.53 Å². The average Bonchev–Trinajstić information content (AvgIpc) is 2.29. The van der Waals surface area contributed by atoms with Gasteiger partial charge in [0.1, 0.15) is 0 Å². The van der Waals surface area contributed by atoms with Crippen molar-refractivity contribution >= 4 is 5.91 Å². The minimum atomic E-state index is -0.0363. The molecule has 1 N–H and O–H groups in total. The lowest BCUT2D eigenvalue weighted by Gasteiger charge is -2.19. The van der Waals surface area contributed by atoms with Crippen molar-refractivity contribution in [3.63, 3.8) is 0 Å². The molecule has 0 unspecified atom stereocenters. The molecule has 1 aromatic carbocycles. The summed E-state index contributed by atoms with van der Waals surface area (Å²) in [4.78, 5) is 11.9. The van der Waals surface area contributed by atoms with Crippen molar-refractivity contribution in [3.8, 4) is 0 Å². The normalized spacial score (nSPS) is 12.5. The molecule has 0 spiro atoms. The van der Waals surface area contributed by atoms with Gasteiger partial charge in [0.2, 0.25) is 0 Å². The van der Waals surface area contributed by atoms with E-state index in [1.165, 1.54) is 0 Å². The molecule has 1 atom stereocenters. The molecule has 3 nitrogen and oxygen atoms in total. The minimum Gasteiger partial charge on any atom is -0.379 e.